The number of aryl methyl sites for hydroxylation is 2. The molecule has 0 saturated carbocycles. The molecule has 2 aliphatic heterocycles. The molecule has 2 fully saturated rings. The van der Waals surface area contributed by atoms with Crippen molar-refractivity contribution in [3.63, 3.8) is 0 Å². The number of fused-ring (bicyclic) bond motifs is 6. The van der Waals surface area contributed by atoms with E-state index in [1.807, 2.05) is 9.03 Å². The van der Waals surface area contributed by atoms with Crippen LogP contribution < -0.4 is 10.6 Å². The van der Waals surface area contributed by atoms with Gasteiger partial charge in [0, 0.05) is 35.3 Å². The summed E-state index contributed by atoms with van der Waals surface area (Å²) in [5.74, 6) is 3.91. The second-order valence-corrected chi connectivity index (χ2v) is 14.8. The highest BCUT2D eigenvalue weighted by molar-refractivity contribution is 5.86. The van der Waals surface area contributed by atoms with Gasteiger partial charge < -0.3 is 25.9 Å². The van der Waals surface area contributed by atoms with Crippen LogP contribution in [0.4, 0.5) is 11.6 Å². The van der Waals surface area contributed by atoms with Crippen molar-refractivity contribution >= 4 is 72.6 Å². The highest BCUT2D eigenvalue weighted by Gasteiger charge is 2.22. The predicted molar refractivity (Wildman–Crippen MR) is 223 cm³/mol. The van der Waals surface area contributed by atoms with Gasteiger partial charge >= 0.3 is 0 Å². The highest BCUT2D eigenvalue weighted by atomic mass is 35.5. The van der Waals surface area contributed by atoms with E-state index < -0.39 is 0 Å². The maximum atomic E-state index is 4.71. The minimum absolute atomic E-state index is 0. The number of likely N-dealkylation sites (tertiary alicyclic amines) is 2. The number of piperidine rings is 2. The summed E-state index contributed by atoms with van der Waals surface area (Å²) in [7, 11) is 0. The van der Waals surface area contributed by atoms with Crippen molar-refractivity contribution in [2.75, 3.05) is 63.0 Å². The Hall–Kier alpha value is -2.26. The Labute approximate surface area is 339 Å². The molecule has 2 aliphatic carbocycles. The molecule has 300 valence electrons. The van der Waals surface area contributed by atoms with E-state index in [1.54, 1.807) is 12.7 Å². The molecule has 0 radical (unpaired) electrons. The van der Waals surface area contributed by atoms with E-state index in [0.717, 1.165) is 73.5 Å². The van der Waals surface area contributed by atoms with Crippen molar-refractivity contribution in [3.05, 3.63) is 34.9 Å². The number of nitrogens with zero attached hydrogens (tertiary/aromatic N) is 10. The molecular formula is C36H62Cl4N12O. The van der Waals surface area contributed by atoms with Gasteiger partial charge in [-0.15, -0.1) is 80.2 Å². The van der Waals surface area contributed by atoms with Crippen LogP contribution in [0.25, 0.3) is 11.3 Å². The van der Waals surface area contributed by atoms with Crippen molar-refractivity contribution in [1.82, 2.24) is 49.4 Å². The summed E-state index contributed by atoms with van der Waals surface area (Å²) >= 11 is 0. The quantitative estimate of drug-likeness (QED) is 0.185. The molecule has 13 nitrogen and oxygen atoms in total. The second kappa shape index (κ2) is 23.0. The first kappa shape index (κ1) is 46.9. The summed E-state index contributed by atoms with van der Waals surface area (Å²) < 4.78 is 3.66. The number of nitrogens with one attached hydrogen (secondary N) is 2. The molecule has 4 aromatic heterocycles. The summed E-state index contributed by atoms with van der Waals surface area (Å²) in [6.07, 6.45) is 20.6. The molecule has 4 aromatic rings. The Kier molecular flexibility index (Phi) is 20.3. The number of rotatable bonds is 10. The molecule has 0 unspecified atom stereocenters. The van der Waals surface area contributed by atoms with Crippen LogP contribution in [0.2, 0.25) is 0 Å². The molecule has 0 atom stereocenters. The summed E-state index contributed by atoms with van der Waals surface area (Å²) in [5, 5.41) is 33.2. The third-order valence-electron chi connectivity index (χ3n) is 11.2. The van der Waals surface area contributed by atoms with E-state index in [-0.39, 0.29) is 55.1 Å². The third-order valence-corrected chi connectivity index (χ3v) is 11.2. The maximum absolute atomic E-state index is 4.71. The van der Waals surface area contributed by atoms with Gasteiger partial charge in [-0.3, -0.25) is 0 Å². The monoisotopic (exact) mass is 818 g/mol. The largest absolute Gasteiger partial charge is 0.412 e. The van der Waals surface area contributed by atoms with Crippen molar-refractivity contribution in [2.45, 2.75) is 104 Å². The molecular weight excluding hydrogens is 758 g/mol. The molecule has 0 aromatic carbocycles. The fraction of sp³-hybridized carbons (Fsp3) is 0.722. The lowest BCUT2D eigenvalue weighted by atomic mass is 9.93. The van der Waals surface area contributed by atoms with Gasteiger partial charge in [0.15, 0.2) is 22.9 Å². The Morgan fingerprint density at radius 2 is 0.925 bits per heavy atom. The summed E-state index contributed by atoms with van der Waals surface area (Å²) in [4.78, 5) is 5.21. The molecule has 17 heteroatoms. The number of halogens is 4. The number of hydrogen-bond acceptors (Lipinski definition) is 10. The fourth-order valence-electron chi connectivity index (χ4n) is 8.04. The van der Waals surface area contributed by atoms with Gasteiger partial charge in [-0.05, 0) is 141 Å². The Balaban J connectivity index is 0.000000335. The van der Waals surface area contributed by atoms with Crippen LogP contribution in [0.3, 0.4) is 0 Å². The van der Waals surface area contributed by atoms with E-state index in [2.05, 4.69) is 54.7 Å². The number of anilines is 2. The van der Waals surface area contributed by atoms with Gasteiger partial charge in [-0.25, -0.2) is 0 Å². The maximum Gasteiger partial charge on any atom is 0.181 e. The molecule has 0 amide bonds. The van der Waals surface area contributed by atoms with Crippen molar-refractivity contribution in [2.24, 2.45) is 11.8 Å². The third kappa shape index (κ3) is 11.9. The molecule has 53 heavy (non-hydrogen) atoms. The molecule has 4 aliphatic rings. The Bertz CT molecular complexity index is 1520. The Morgan fingerprint density at radius 3 is 1.30 bits per heavy atom. The zero-order chi connectivity index (χ0) is 32.7. The van der Waals surface area contributed by atoms with Gasteiger partial charge in [0.25, 0.3) is 0 Å². The summed E-state index contributed by atoms with van der Waals surface area (Å²) in [6.45, 7) is 14.2. The lowest BCUT2D eigenvalue weighted by Crippen LogP contribution is -2.34. The average molecular weight is 821 g/mol. The molecule has 2 saturated heterocycles. The van der Waals surface area contributed by atoms with Crippen molar-refractivity contribution in [3.8, 4) is 0 Å². The zero-order valence-electron chi connectivity index (χ0n) is 31.5. The van der Waals surface area contributed by atoms with Crippen LogP contribution in [0.5, 0.6) is 0 Å². The highest BCUT2D eigenvalue weighted by Crippen LogP contribution is 2.30. The van der Waals surface area contributed by atoms with Crippen LogP contribution in [-0.2, 0) is 25.7 Å². The van der Waals surface area contributed by atoms with Crippen LogP contribution in [-0.4, -0.2) is 107 Å². The standard InChI is InChI=1S/2C18H28N6.4ClH.H2O/c2*1-14-7-11-23(12-8-14)10-4-9-19-17-15-5-2-3-6-16(15)18-21-20-13-24(18)22-17;;;;;/h2*13-14H,2-12H2,1H3,(H,19,22);4*1H;1H2. The lowest BCUT2D eigenvalue weighted by molar-refractivity contribution is 0.192. The van der Waals surface area contributed by atoms with Gasteiger partial charge in [0.1, 0.15) is 12.7 Å². The summed E-state index contributed by atoms with van der Waals surface area (Å²) in [5.41, 5.74) is 7.32. The van der Waals surface area contributed by atoms with Crippen molar-refractivity contribution in [1.29, 1.82) is 0 Å². The Morgan fingerprint density at radius 1 is 0.566 bits per heavy atom. The smallest absolute Gasteiger partial charge is 0.181 e. The van der Waals surface area contributed by atoms with E-state index in [0.29, 0.717) is 0 Å². The zero-order valence-corrected chi connectivity index (χ0v) is 34.7. The van der Waals surface area contributed by atoms with Gasteiger partial charge in [-0.1, -0.05) is 13.8 Å². The van der Waals surface area contributed by atoms with E-state index in [9.17, 15) is 0 Å². The predicted octanol–water partition coefficient (Wildman–Crippen LogP) is 5.94. The van der Waals surface area contributed by atoms with E-state index in [4.69, 9.17) is 10.2 Å². The second-order valence-electron chi connectivity index (χ2n) is 14.8. The first-order valence-electron chi connectivity index (χ1n) is 19.0. The SMILES string of the molecule is CC1CCN(CCCNc2nn3cnnc3c3c2CCCC3)CC1.CC1CCN(CCCNc2nn3cnnc3c3c2CCCC3)CC1.Cl.Cl.Cl.Cl.O. The van der Waals surface area contributed by atoms with Crippen LogP contribution in [0.15, 0.2) is 12.7 Å². The van der Waals surface area contributed by atoms with Crippen LogP contribution in [0, 0.1) is 11.8 Å². The minimum atomic E-state index is 0. The molecule has 8 rings (SSSR count). The number of hydrogen-bond donors (Lipinski definition) is 2. The first-order valence-corrected chi connectivity index (χ1v) is 19.0. The van der Waals surface area contributed by atoms with E-state index in [1.165, 1.54) is 126 Å². The topological polar surface area (TPSA) is 148 Å². The molecule has 4 N–H and O–H groups in total. The van der Waals surface area contributed by atoms with Gasteiger partial charge in [0.05, 0.1) is 0 Å². The fourth-order valence-corrected chi connectivity index (χ4v) is 8.04. The molecule has 0 bridgehead atoms. The average Bonchev–Trinajstić information content (AvgIpc) is 3.81. The van der Waals surface area contributed by atoms with Crippen LogP contribution >= 0.6 is 49.6 Å². The minimum Gasteiger partial charge on any atom is -0.412 e. The van der Waals surface area contributed by atoms with Gasteiger partial charge in [0.2, 0.25) is 0 Å². The first-order chi connectivity index (χ1) is 23.6. The van der Waals surface area contributed by atoms with E-state index >= 15 is 0 Å². The normalized spacial score (nSPS) is 17.7. The van der Waals surface area contributed by atoms with Crippen molar-refractivity contribution < 1.29 is 5.48 Å². The summed E-state index contributed by atoms with van der Waals surface area (Å²) in [6, 6.07) is 0. The number of aromatic nitrogens is 8. The molecule has 0 spiro atoms. The van der Waals surface area contributed by atoms with Crippen LogP contribution in [0.1, 0.15) is 100 Å². The van der Waals surface area contributed by atoms with Gasteiger partial charge in [-0.2, -0.15) is 9.03 Å². The lowest BCUT2D eigenvalue weighted by Gasteiger charge is -2.30. The molecule has 6 heterocycles.